The molecule has 150 valence electrons. The average molecular weight is 366 g/mol. The number of likely N-dealkylation sites (tertiary alicyclic amines) is 2. The summed E-state index contributed by atoms with van der Waals surface area (Å²) in [6.45, 7) is 12.7. The van der Waals surface area contributed by atoms with E-state index in [0.29, 0.717) is 24.3 Å². The number of nitrogens with one attached hydrogen (secondary N) is 1. The first-order valence-electron chi connectivity index (χ1n) is 10.5. The molecule has 3 N–H and O–H groups in total. The molecule has 2 saturated heterocycles. The van der Waals surface area contributed by atoms with Crippen molar-refractivity contribution in [2.75, 3.05) is 39.3 Å². The van der Waals surface area contributed by atoms with Gasteiger partial charge in [-0.1, -0.05) is 20.3 Å². The smallest absolute Gasteiger partial charge is 0.217 e. The minimum atomic E-state index is -0.190. The molecule has 0 spiro atoms. The highest BCUT2D eigenvalue weighted by Gasteiger charge is 2.25. The van der Waals surface area contributed by atoms with Crippen LogP contribution in [0.25, 0.3) is 0 Å². The summed E-state index contributed by atoms with van der Waals surface area (Å²) in [5.74, 6) is 1.88. The van der Waals surface area contributed by atoms with Crippen molar-refractivity contribution >= 4 is 11.9 Å². The van der Waals surface area contributed by atoms with Crippen molar-refractivity contribution in [1.82, 2.24) is 15.1 Å². The van der Waals surface area contributed by atoms with E-state index in [1.54, 1.807) is 0 Å². The number of guanidine groups is 1. The van der Waals surface area contributed by atoms with E-state index in [4.69, 9.17) is 10.7 Å². The molecule has 0 aliphatic carbocycles. The fraction of sp³-hybridized carbons (Fsp3) is 0.900. The van der Waals surface area contributed by atoms with E-state index in [-0.39, 0.29) is 5.91 Å². The lowest BCUT2D eigenvalue weighted by Gasteiger charge is -2.37. The summed E-state index contributed by atoms with van der Waals surface area (Å²) in [5.41, 5.74) is 5.41. The second kappa shape index (κ2) is 10.8. The van der Waals surface area contributed by atoms with Crippen molar-refractivity contribution in [3.63, 3.8) is 0 Å². The van der Waals surface area contributed by atoms with Crippen LogP contribution in [0.2, 0.25) is 0 Å². The first-order valence-corrected chi connectivity index (χ1v) is 10.5. The van der Waals surface area contributed by atoms with Gasteiger partial charge < -0.3 is 16.0 Å². The Balaban J connectivity index is 1.99. The maximum Gasteiger partial charge on any atom is 0.217 e. The van der Waals surface area contributed by atoms with Gasteiger partial charge in [0.15, 0.2) is 5.96 Å². The quantitative estimate of drug-likeness (QED) is 0.535. The van der Waals surface area contributed by atoms with Gasteiger partial charge in [0.25, 0.3) is 0 Å². The molecule has 0 bridgehead atoms. The molecule has 2 fully saturated rings. The van der Waals surface area contributed by atoms with Crippen LogP contribution < -0.4 is 11.1 Å². The number of carbonyl (C=O) groups is 1. The molecule has 6 nitrogen and oxygen atoms in total. The Morgan fingerprint density at radius 1 is 1.23 bits per heavy atom. The van der Waals surface area contributed by atoms with Gasteiger partial charge in [-0.05, 0) is 51.0 Å². The minimum absolute atomic E-state index is 0.190. The van der Waals surface area contributed by atoms with Gasteiger partial charge in [0.2, 0.25) is 5.91 Å². The predicted octanol–water partition coefficient (Wildman–Crippen LogP) is 2.05. The molecule has 2 atom stereocenters. The fourth-order valence-corrected chi connectivity index (χ4v) is 4.30. The molecule has 0 radical (unpaired) electrons. The summed E-state index contributed by atoms with van der Waals surface area (Å²) in [6, 6.07) is 0.561. The normalized spacial score (nSPS) is 25.5. The molecule has 26 heavy (non-hydrogen) atoms. The maximum absolute atomic E-state index is 11.3. The molecule has 0 aromatic carbocycles. The van der Waals surface area contributed by atoms with Crippen molar-refractivity contribution in [2.45, 2.75) is 65.3 Å². The summed E-state index contributed by atoms with van der Waals surface area (Å²) < 4.78 is 0. The monoisotopic (exact) mass is 365 g/mol. The van der Waals surface area contributed by atoms with Crippen molar-refractivity contribution in [2.24, 2.45) is 22.6 Å². The van der Waals surface area contributed by atoms with Crippen LogP contribution in [0.1, 0.15) is 59.3 Å². The Morgan fingerprint density at radius 3 is 2.73 bits per heavy atom. The molecule has 2 aliphatic heterocycles. The number of hydrogen-bond acceptors (Lipinski definition) is 3. The Kier molecular flexibility index (Phi) is 8.69. The Labute approximate surface area is 159 Å². The average Bonchev–Trinajstić information content (AvgIpc) is 2.59. The molecule has 2 rings (SSSR count). The zero-order chi connectivity index (χ0) is 18.9. The molecule has 2 aliphatic rings. The number of primary amides is 1. The minimum Gasteiger partial charge on any atom is -0.370 e. The first-order chi connectivity index (χ1) is 12.5. The van der Waals surface area contributed by atoms with Gasteiger partial charge in [-0.15, -0.1) is 0 Å². The third-order valence-corrected chi connectivity index (χ3v) is 5.44. The van der Waals surface area contributed by atoms with Crippen LogP contribution in [0, 0.1) is 11.8 Å². The molecule has 0 aromatic rings. The van der Waals surface area contributed by atoms with Crippen LogP contribution in [0.3, 0.4) is 0 Å². The highest BCUT2D eigenvalue weighted by Crippen LogP contribution is 2.21. The molecule has 2 heterocycles. The van der Waals surface area contributed by atoms with Crippen LogP contribution in [-0.2, 0) is 4.79 Å². The van der Waals surface area contributed by atoms with E-state index in [2.05, 4.69) is 35.9 Å². The molecule has 2 unspecified atom stereocenters. The van der Waals surface area contributed by atoms with Gasteiger partial charge in [-0.2, -0.15) is 0 Å². The zero-order valence-corrected chi connectivity index (χ0v) is 17.0. The van der Waals surface area contributed by atoms with Crippen LogP contribution in [0.4, 0.5) is 0 Å². The summed E-state index contributed by atoms with van der Waals surface area (Å²) in [4.78, 5) is 21.2. The van der Waals surface area contributed by atoms with Gasteiger partial charge in [0.1, 0.15) is 0 Å². The number of hydrogen-bond donors (Lipinski definition) is 2. The second-order valence-electron chi connectivity index (χ2n) is 8.36. The van der Waals surface area contributed by atoms with Crippen molar-refractivity contribution < 1.29 is 4.79 Å². The highest BCUT2D eigenvalue weighted by atomic mass is 16.1. The van der Waals surface area contributed by atoms with Crippen molar-refractivity contribution in [3.8, 4) is 0 Å². The Hall–Kier alpha value is -1.30. The van der Waals surface area contributed by atoms with Gasteiger partial charge in [0.05, 0.1) is 6.54 Å². The Morgan fingerprint density at radius 2 is 2.04 bits per heavy atom. The Bertz CT molecular complexity index is 465. The van der Waals surface area contributed by atoms with Crippen molar-refractivity contribution in [1.29, 1.82) is 0 Å². The van der Waals surface area contributed by atoms with Crippen LogP contribution in [-0.4, -0.2) is 67.0 Å². The number of rotatable bonds is 7. The fourth-order valence-electron chi connectivity index (χ4n) is 4.30. The summed E-state index contributed by atoms with van der Waals surface area (Å²) in [7, 11) is 0. The standard InChI is InChI=1S/C20H39N5O/c1-4-22-20(25-11-7-8-17(15-25)12-19(21)26)23-13-18-9-5-6-10-24(18)14-16(2)3/h16-18H,4-15H2,1-3H3,(H2,21,26)(H,22,23). The van der Waals surface area contributed by atoms with E-state index in [0.717, 1.165) is 45.0 Å². The number of piperidine rings is 2. The largest absolute Gasteiger partial charge is 0.370 e. The number of nitrogens with two attached hydrogens (primary N) is 1. The van der Waals surface area contributed by atoms with E-state index >= 15 is 0 Å². The van der Waals surface area contributed by atoms with Gasteiger partial charge in [0, 0.05) is 38.6 Å². The van der Waals surface area contributed by atoms with Crippen LogP contribution >= 0.6 is 0 Å². The lowest BCUT2D eigenvalue weighted by atomic mass is 9.95. The molecule has 1 amide bonds. The molecular weight excluding hydrogens is 326 g/mol. The summed E-state index contributed by atoms with van der Waals surface area (Å²) in [6.07, 6.45) is 6.55. The van der Waals surface area contributed by atoms with Gasteiger partial charge >= 0.3 is 0 Å². The number of nitrogens with zero attached hydrogens (tertiary/aromatic N) is 3. The van der Waals surface area contributed by atoms with Crippen LogP contribution in [0.15, 0.2) is 4.99 Å². The lowest BCUT2D eigenvalue weighted by molar-refractivity contribution is -0.119. The number of amides is 1. The third-order valence-electron chi connectivity index (χ3n) is 5.44. The van der Waals surface area contributed by atoms with E-state index < -0.39 is 0 Å². The second-order valence-corrected chi connectivity index (χ2v) is 8.36. The van der Waals surface area contributed by atoms with Gasteiger partial charge in [-0.3, -0.25) is 14.7 Å². The predicted molar refractivity (Wildman–Crippen MR) is 108 cm³/mol. The third kappa shape index (κ3) is 6.78. The summed E-state index contributed by atoms with van der Waals surface area (Å²) in [5, 5.41) is 3.46. The maximum atomic E-state index is 11.3. The zero-order valence-electron chi connectivity index (χ0n) is 17.0. The number of carbonyl (C=O) groups excluding carboxylic acids is 1. The summed E-state index contributed by atoms with van der Waals surface area (Å²) >= 11 is 0. The molecule has 0 aromatic heterocycles. The van der Waals surface area contributed by atoms with Crippen LogP contribution in [0.5, 0.6) is 0 Å². The van der Waals surface area contributed by atoms with Gasteiger partial charge in [-0.25, -0.2) is 0 Å². The first kappa shape index (κ1) is 21.0. The lowest BCUT2D eigenvalue weighted by Crippen LogP contribution is -2.48. The van der Waals surface area contributed by atoms with E-state index in [1.807, 2.05) is 0 Å². The molecule has 0 saturated carbocycles. The van der Waals surface area contributed by atoms with Crippen molar-refractivity contribution in [3.05, 3.63) is 0 Å². The topological polar surface area (TPSA) is 74.0 Å². The molecular formula is C20H39N5O. The SMILES string of the molecule is CCNC(=NCC1CCCCN1CC(C)C)N1CCCC(CC(N)=O)C1. The van der Waals surface area contributed by atoms with E-state index in [9.17, 15) is 4.79 Å². The highest BCUT2D eigenvalue weighted by molar-refractivity contribution is 5.80. The number of aliphatic imine (C=N–C) groups is 1. The van der Waals surface area contributed by atoms with E-state index in [1.165, 1.54) is 32.4 Å². The molecule has 6 heteroatoms.